The van der Waals surface area contributed by atoms with Crippen molar-refractivity contribution in [3.05, 3.63) is 28.3 Å². The van der Waals surface area contributed by atoms with Crippen LogP contribution >= 0.6 is 0 Å². The van der Waals surface area contributed by atoms with Crippen LogP contribution in [0.5, 0.6) is 11.5 Å². The maximum Gasteiger partial charge on any atom is 0.130 e. The smallest absolute Gasteiger partial charge is 0.130 e. The third kappa shape index (κ3) is 1.10. The predicted molar refractivity (Wildman–Crippen MR) is 56.8 cm³/mol. The highest BCUT2D eigenvalue weighted by molar-refractivity contribution is 5.70. The molecule has 0 fully saturated rings. The first-order valence-corrected chi connectivity index (χ1v) is 4.75. The lowest BCUT2D eigenvalue weighted by atomic mass is 9.96. The Bertz CT molecular complexity index is 417. The van der Waals surface area contributed by atoms with E-state index in [2.05, 4.69) is 0 Å². The van der Waals surface area contributed by atoms with Crippen molar-refractivity contribution < 1.29 is 9.84 Å². The fourth-order valence-electron chi connectivity index (χ4n) is 1.81. The molecule has 1 aromatic rings. The quantitative estimate of drug-likeness (QED) is 0.681. The highest BCUT2D eigenvalue weighted by Crippen LogP contribution is 2.38. The van der Waals surface area contributed by atoms with E-state index in [1.165, 1.54) is 0 Å². The summed E-state index contributed by atoms with van der Waals surface area (Å²) in [4.78, 5) is 0. The Hall–Kier alpha value is -1.44. The zero-order chi connectivity index (χ0) is 10.3. The van der Waals surface area contributed by atoms with Crippen LogP contribution in [0.3, 0.4) is 0 Å². The van der Waals surface area contributed by atoms with E-state index in [9.17, 15) is 5.11 Å². The van der Waals surface area contributed by atoms with Crippen LogP contribution in [0.15, 0.2) is 6.08 Å². The lowest BCUT2D eigenvalue weighted by Gasteiger charge is -2.20. The molecule has 0 atom stereocenters. The molecule has 1 heterocycles. The molecule has 2 heteroatoms. The van der Waals surface area contributed by atoms with Crippen LogP contribution in [0.2, 0.25) is 0 Å². The van der Waals surface area contributed by atoms with Gasteiger partial charge in [-0.1, -0.05) is 6.08 Å². The van der Waals surface area contributed by atoms with Crippen molar-refractivity contribution in [2.75, 3.05) is 6.61 Å². The Morgan fingerprint density at radius 1 is 1.14 bits per heavy atom. The van der Waals surface area contributed by atoms with Crippen LogP contribution in [0.25, 0.3) is 6.08 Å². The summed E-state index contributed by atoms with van der Waals surface area (Å²) >= 11 is 0. The molecule has 1 aromatic carbocycles. The molecule has 1 aliphatic rings. The van der Waals surface area contributed by atoms with Gasteiger partial charge in [0.1, 0.15) is 18.1 Å². The molecule has 0 spiro atoms. The van der Waals surface area contributed by atoms with Gasteiger partial charge in [0.2, 0.25) is 0 Å². The molecular weight excluding hydrogens is 176 g/mol. The largest absolute Gasteiger partial charge is 0.507 e. The van der Waals surface area contributed by atoms with Crippen LogP contribution in [-0.2, 0) is 0 Å². The summed E-state index contributed by atoms with van der Waals surface area (Å²) in [6.45, 7) is 6.43. The van der Waals surface area contributed by atoms with Crippen molar-refractivity contribution in [1.82, 2.24) is 0 Å². The van der Waals surface area contributed by atoms with E-state index in [0.717, 1.165) is 28.0 Å². The summed E-state index contributed by atoms with van der Waals surface area (Å²) in [6, 6.07) is 0. The second-order valence-corrected chi connectivity index (χ2v) is 3.68. The summed E-state index contributed by atoms with van der Waals surface area (Å²) in [6.07, 6.45) is 3.98. The molecule has 0 amide bonds. The minimum absolute atomic E-state index is 0.386. The molecular formula is C12H14O2. The molecule has 2 rings (SSSR count). The molecule has 1 N–H and O–H groups in total. The van der Waals surface area contributed by atoms with Gasteiger partial charge in [0.15, 0.2) is 0 Å². The van der Waals surface area contributed by atoms with Gasteiger partial charge in [-0.25, -0.2) is 0 Å². The Labute approximate surface area is 83.8 Å². The predicted octanol–water partition coefficient (Wildman–Crippen LogP) is 2.72. The number of rotatable bonds is 0. The molecule has 0 aliphatic carbocycles. The number of benzene rings is 1. The van der Waals surface area contributed by atoms with E-state index in [4.69, 9.17) is 4.74 Å². The van der Waals surface area contributed by atoms with E-state index in [-0.39, 0.29) is 0 Å². The number of fused-ring (bicyclic) bond motifs is 1. The van der Waals surface area contributed by atoms with Crippen molar-refractivity contribution >= 4 is 6.08 Å². The number of aromatic hydroxyl groups is 1. The van der Waals surface area contributed by atoms with Crippen molar-refractivity contribution in [2.24, 2.45) is 0 Å². The van der Waals surface area contributed by atoms with E-state index < -0.39 is 0 Å². The molecule has 0 aromatic heterocycles. The average molecular weight is 190 g/mol. The number of phenolic OH excluding ortho intramolecular Hbond substituents is 1. The minimum atomic E-state index is 0.386. The molecule has 0 saturated carbocycles. The summed E-state index contributed by atoms with van der Waals surface area (Å²) in [7, 11) is 0. The number of hydrogen-bond donors (Lipinski definition) is 1. The molecule has 0 unspecified atom stereocenters. The van der Waals surface area contributed by atoms with E-state index >= 15 is 0 Å². The topological polar surface area (TPSA) is 29.5 Å². The Morgan fingerprint density at radius 2 is 1.86 bits per heavy atom. The summed E-state index contributed by atoms with van der Waals surface area (Å²) in [5.74, 6) is 1.30. The average Bonchev–Trinajstić information content (AvgIpc) is 2.23. The highest BCUT2D eigenvalue weighted by Gasteiger charge is 2.17. The van der Waals surface area contributed by atoms with Crippen molar-refractivity contribution in [3.63, 3.8) is 0 Å². The molecule has 14 heavy (non-hydrogen) atoms. The van der Waals surface area contributed by atoms with Crippen molar-refractivity contribution in [3.8, 4) is 11.5 Å². The first-order chi connectivity index (χ1) is 6.63. The zero-order valence-corrected chi connectivity index (χ0v) is 8.72. The lowest BCUT2D eigenvalue weighted by molar-refractivity contribution is 0.353. The van der Waals surface area contributed by atoms with Gasteiger partial charge >= 0.3 is 0 Å². The van der Waals surface area contributed by atoms with E-state index in [1.807, 2.05) is 32.9 Å². The summed E-state index contributed by atoms with van der Waals surface area (Å²) in [5.41, 5.74) is 3.86. The third-order valence-corrected chi connectivity index (χ3v) is 2.87. The number of ether oxygens (including phenoxy) is 1. The molecule has 74 valence electrons. The van der Waals surface area contributed by atoms with Crippen LogP contribution in [0, 0.1) is 20.8 Å². The Kier molecular flexibility index (Phi) is 1.99. The molecule has 0 saturated heterocycles. The van der Waals surface area contributed by atoms with Crippen LogP contribution in [0.1, 0.15) is 22.3 Å². The summed E-state index contributed by atoms with van der Waals surface area (Å²) in [5, 5.41) is 9.85. The first-order valence-electron chi connectivity index (χ1n) is 4.75. The summed E-state index contributed by atoms with van der Waals surface area (Å²) < 4.78 is 5.57. The second kappa shape index (κ2) is 3.05. The fraction of sp³-hybridized carbons (Fsp3) is 0.333. The van der Waals surface area contributed by atoms with Crippen LogP contribution < -0.4 is 4.74 Å². The van der Waals surface area contributed by atoms with Crippen LogP contribution in [-0.4, -0.2) is 11.7 Å². The van der Waals surface area contributed by atoms with Gasteiger partial charge in [-0.3, -0.25) is 0 Å². The van der Waals surface area contributed by atoms with Gasteiger partial charge in [-0.2, -0.15) is 0 Å². The molecule has 2 nitrogen and oxygen atoms in total. The standard InChI is InChI=1S/C12H14O2/c1-7-8(2)12-10(5-4-6-14-12)9(3)11(7)13/h4-5,13H,6H2,1-3H3. The highest BCUT2D eigenvalue weighted by atomic mass is 16.5. The van der Waals surface area contributed by atoms with Gasteiger partial charge < -0.3 is 9.84 Å². The van der Waals surface area contributed by atoms with Crippen LogP contribution in [0.4, 0.5) is 0 Å². The van der Waals surface area contributed by atoms with Crippen molar-refractivity contribution in [1.29, 1.82) is 0 Å². The second-order valence-electron chi connectivity index (χ2n) is 3.68. The lowest BCUT2D eigenvalue weighted by Crippen LogP contribution is -2.05. The minimum Gasteiger partial charge on any atom is -0.507 e. The molecule has 0 radical (unpaired) electrons. The fourth-order valence-corrected chi connectivity index (χ4v) is 1.81. The SMILES string of the molecule is Cc1c(C)c2c(c(C)c1O)C=CCO2. The van der Waals surface area contributed by atoms with Gasteiger partial charge in [0, 0.05) is 11.1 Å². The zero-order valence-electron chi connectivity index (χ0n) is 8.72. The van der Waals surface area contributed by atoms with Gasteiger partial charge in [0.05, 0.1) is 0 Å². The molecule has 1 aliphatic heterocycles. The number of hydrogen-bond acceptors (Lipinski definition) is 2. The monoisotopic (exact) mass is 190 g/mol. The number of phenols is 1. The first kappa shape index (κ1) is 9.13. The van der Waals surface area contributed by atoms with E-state index in [1.54, 1.807) is 0 Å². The third-order valence-electron chi connectivity index (χ3n) is 2.87. The van der Waals surface area contributed by atoms with E-state index in [0.29, 0.717) is 12.4 Å². The maximum atomic E-state index is 9.85. The van der Waals surface area contributed by atoms with Crippen molar-refractivity contribution in [2.45, 2.75) is 20.8 Å². The van der Waals surface area contributed by atoms with Gasteiger partial charge in [0.25, 0.3) is 0 Å². The maximum absolute atomic E-state index is 9.85. The molecule has 0 bridgehead atoms. The Morgan fingerprint density at radius 3 is 2.57 bits per heavy atom. The Balaban J connectivity index is 2.79. The van der Waals surface area contributed by atoms with Gasteiger partial charge in [-0.15, -0.1) is 0 Å². The van der Waals surface area contributed by atoms with Gasteiger partial charge in [-0.05, 0) is 38.0 Å². The normalized spacial score (nSPS) is 13.6.